The molecule has 1 aliphatic heterocycles. The van der Waals surface area contributed by atoms with Gasteiger partial charge >= 0.3 is 6.03 Å². The van der Waals surface area contributed by atoms with Crippen molar-refractivity contribution < 1.29 is 18.8 Å². The van der Waals surface area contributed by atoms with Crippen molar-refractivity contribution in [2.24, 2.45) is 0 Å². The molecular weight excluding hydrogens is 406 g/mol. The number of amides is 4. The number of rotatable bonds is 4. The number of hydrogen-bond acceptors (Lipinski definition) is 4. The van der Waals surface area contributed by atoms with Gasteiger partial charge in [-0.3, -0.25) is 14.5 Å². The van der Waals surface area contributed by atoms with E-state index in [1.165, 1.54) is 5.56 Å². The second-order valence-corrected chi connectivity index (χ2v) is 8.71. The Kier molecular flexibility index (Phi) is 4.77. The fourth-order valence-corrected chi connectivity index (χ4v) is 4.79. The van der Waals surface area contributed by atoms with Gasteiger partial charge in [-0.05, 0) is 49.4 Å². The van der Waals surface area contributed by atoms with E-state index in [9.17, 15) is 14.4 Å². The zero-order valence-electron chi connectivity index (χ0n) is 18.1. The molecule has 5 rings (SSSR count). The highest BCUT2D eigenvalue weighted by molar-refractivity contribution is 6.09. The third kappa shape index (κ3) is 3.16. The number of fused-ring (bicyclic) bond motifs is 2. The molecule has 1 fully saturated rings. The molecule has 1 N–H and O–H groups in total. The lowest BCUT2D eigenvalue weighted by molar-refractivity contribution is -0.139. The standard InChI is InChI=1S/C25H25N3O4/c1-25(21-14-17-9-4-6-13-20(17)32-21)23(30)28(24(31)26-25)15-22(29)27(2)19-12-7-10-16-8-3-5-11-18(16)19/h3-6,8-9,11,13-14,19H,7,10,12,15H2,1-2H3,(H,26,31)/t19-,25+/m1/s1. The van der Waals surface area contributed by atoms with Crippen molar-refractivity contribution in [3.63, 3.8) is 0 Å². The summed E-state index contributed by atoms with van der Waals surface area (Å²) in [6, 6.07) is 16.6. The number of urea groups is 1. The van der Waals surface area contributed by atoms with Crippen LogP contribution in [0.2, 0.25) is 0 Å². The Bertz CT molecular complexity index is 1200. The molecule has 0 saturated carbocycles. The molecule has 2 atom stereocenters. The summed E-state index contributed by atoms with van der Waals surface area (Å²) in [7, 11) is 1.74. The Hall–Kier alpha value is -3.61. The Labute approximate surface area is 186 Å². The first-order valence-corrected chi connectivity index (χ1v) is 10.8. The predicted octanol–water partition coefficient (Wildman–Crippen LogP) is 3.74. The Morgan fingerprint density at radius 3 is 2.75 bits per heavy atom. The summed E-state index contributed by atoms with van der Waals surface area (Å²) in [6.07, 6.45) is 2.85. The number of nitrogens with one attached hydrogen (secondary N) is 1. The minimum Gasteiger partial charge on any atom is -0.458 e. The maximum atomic E-state index is 13.3. The summed E-state index contributed by atoms with van der Waals surface area (Å²) in [5, 5.41) is 3.56. The van der Waals surface area contributed by atoms with Crippen LogP contribution in [0.25, 0.3) is 11.0 Å². The lowest BCUT2D eigenvalue weighted by atomic mass is 9.87. The number of likely N-dealkylation sites (N-methyl/N-ethyl adjacent to an activating group) is 1. The molecule has 1 aromatic heterocycles. The minimum absolute atomic E-state index is 0.0602. The molecular formula is C25H25N3O4. The summed E-state index contributed by atoms with van der Waals surface area (Å²) < 4.78 is 5.85. The van der Waals surface area contributed by atoms with Crippen molar-refractivity contribution in [3.8, 4) is 0 Å². The van der Waals surface area contributed by atoms with Gasteiger partial charge in [0.2, 0.25) is 5.91 Å². The van der Waals surface area contributed by atoms with E-state index in [-0.39, 0.29) is 18.5 Å². The number of carbonyl (C=O) groups excluding carboxylic acids is 3. The van der Waals surface area contributed by atoms with Gasteiger partial charge in [0.05, 0.1) is 6.04 Å². The van der Waals surface area contributed by atoms with Crippen LogP contribution in [0, 0.1) is 0 Å². The van der Waals surface area contributed by atoms with E-state index in [1.54, 1.807) is 24.9 Å². The minimum atomic E-state index is -1.35. The third-order valence-electron chi connectivity index (χ3n) is 6.69. The molecule has 0 bridgehead atoms. The number of imide groups is 1. The van der Waals surface area contributed by atoms with Gasteiger partial charge in [0.15, 0.2) is 5.54 Å². The van der Waals surface area contributed by atoms with Gasteiger partial charge in [-0.2, -0.15) is 0 Å². The molecule has 2 aromatic carbocycles. The summed E-state index contributed by atoms with van der Waals surface area (Å²) >= 11 is 0. The second kappa shape index (κ2) is 7.51. The lowest BCUT2D eigenvalue weighted by Crippen LogP contribution is -2.44. The van der Waals surface area contributed by atoms with Crippen molar-refractivity contribution in [1.82, 2.24) is 15.1 Å². The van der Waals surface area contributed by atoms with Crippen LogP contribution in [0.5, 0.6) is 0 Å². The molecule has 164 valence electrons. The highest BCUT2D eigenvalue weighted by Crippen LogP contribution is 2.35. The van der Waals surface area contributed by atoms with Gasteiger partial charge in [0.25, 0.3) is 5.91 Å². The van der Waals surface area contributed by atoms with Crippen LogP contribution in [0.4, 0.5) is 4.79 Å². The van der Waals surface area contributed by atoms with Crippen molar-refractivity contribution in [2.75, 3.05) is 13.6 Å². The maximum Gasteiger partial charge on any atom is 0.325 e. The normalized spacial score (nSPS) is 22.7. The number of furan rings is 1. The monoisotopic (exact) mass is 431 g/mol. The maximum absolute atomic E-state index is 13.3. The molecule has 7 heteroatoms. The smallest absolute Gasteiger partial charge is 0.325 e. The van der Waals surface area contributed by atoms with E-state index >= 15 is 0 Å². The molecule has 0 unspecified atom stereocenters. The summed E-state index contributed by atoms with van der Waals surface area (Å²) in [6.45, 7) is 1.30. The number of carbonyl (C=O) groups is 3. The van der Waals surface area contributed by atoms with Crippen LogP contribution in [-0.2, 0) is 21.5 Å². The van der Waals surface area contributed by atoms with Gasteiger partial charge in [0.1, 0.15) is 17.9 Å². The fraction of sp³-hybridized carbons (Fsp3) is 0.320. The van der Waals surface area contributed by atoms with Crippen LogP contribution in [0.3, 0.4) is 0 Å². The highest BCUT2D eigenvalue weighted by Gasteiger charge is 2.52. The van der Waals surface area contributed by atoms with E-state index in [4.69, 9.17) is 4.42 Å². The predicted molar refractivity (Wildman–Crippen MR) is 119 cm³/mol. The van der Waals surface area contributed by atoms with Crippen molar-refractivity contribution in [2.45, 2.75) is 37.8 Å². The Balaban J connectivity index is 1.36. The van der Waals surface area contributed by atoms with Gasteiger partial charge in [-0.15, -0.1) is 0 Å². The average Bonchev–Trinajstić information content (AvgIpc) is 3.34. The summed E-state index contributed by atoms with van der Waals surface area (Å²) in [4.78, 5) is 41.7. The van der Waals surface area contributed by atoms with Gasteiger partial charge in [-0.25, -0.2) is 4.79 Å². The SMILES string of the molecule is CN(C(=O)CN1C(=O)N[C@@](C)(c2cc3ccccc3o2)C1=O)[C@@H]1CCCc2ccccc21. The molecule has 1 saturated heterocycles. The average molecular weight is 431 g/mol. The van der Waals surface area contributed by atoms with Crippen molar-refractivity contribution >= 4 is 28.8 Å². The number of aryl methyl sites for hydroxylation is 1. The zero-order valence-corrected chi connectivity index (χ0v) is 18.1. The molecule has 2 aliphatic rings. The summed E-state index contributed by atoms with van der Waals surface area (Å²) in [5.74, 6) is -0.419. The van der Waals surface area contributed by atoms with E-state index in [0.717, 1.165) is 35.1 Å². The van der Waals surface area contributed by atoms with E-state index in [2.05, 4.69) is 17.4 Å². The highest BCUT2D eigenvalue weighted by atomic mass is 16.3. The Morgan fingerprint density at radius 2 is 1.94 bits per heavy atom. The topological polar surface area (TPSA) is 82.9 Å². The summed E-state index contributed by atoms with van der Waals surface area (Å²) in [5.41, 5.74) is 1.66. The van der Waals surface area contributed by atoms with Crippen LogP contribution >= 0.6 is 0 Å². The fourth-order valence-electron chi connectivity index (χ4n) is 4.79. The first kappa shape index (κ1) is 20.3. The largest absolute Gasteiger partial charge is 0.458 e. The van der Waals surface area contributed by atoms with Gasteiger partial charge in [-0.1, -0.05) is 42.5 Å². The molecule has 3 aromatic rings. The van der Waals surface area contributed by atoms with Crippen LogP contribution in [-0.4, -0.2) is 41.2 Å². The van der Waals surface area contributed by atoms with Gasteiger partial charge < -0.3 is 14.6 Å². The zero-order chi connectivity index (χ0) is 22.5. The molecule has 2 heterocycles. The number of hydrogen-bond donors (Lipinski definition) is 1. The van der Waals surface area contributed by atoms with Crippen molar-refractivity contribution in [1.29, 1.82) is 0 Å². The second-order valence-electron chi connectivity index (χ2n) is 8.71. The van der Waals surface area contributed by atoms with E-state index in [1.807, 2.05) is 36.4 Å². The number of para-hydroxylation sites is 1. The Morgan fingerprint density at radius 1 is 1.19 bits per heavy atom. The van der Waals surface area contributed by atoms with E-state index in [0.29, 0.717) is 11.3 Å². The van der Waals surface area contributed by atoms with Crippen LogP contribution in [0.15, 0.2) is 59.0 Å². The first-order chi connectivity index (χ1) is 15.4. The van der Waals surface area contributed by atoms with Gasteiger partial charge in [0, 0.05) is 12.4 Å². The number of benzene rings is 2. The number of nitrogens with zero attached hydrogens (tertiary/aromatic N) is 2. The lowest BCUT2D eigenvalue weighted by Gasteiger charge is -2.34. The third-order valence-corrected chi connectivity index (χ3v) is 6.69. The molecule has 1 aliphatic carbocycles. The molecule has 0 spiro atoms. The molecule has 7 nitrogen and oxygen atoms in total. The quantitative estimate of drug-likeness (QED) is 0.638. The van der Waals surface area contributed by atoms with Crippen molar-refractivity contribution in [3.05, 3.63) is 71.5 Å². The molecule has 4 amide bonds. The first-order valence-electron chi connectivity index (χ1n) is 10.8. The van der Waals surface area contributed by atoms with E-state index < -0.39 is 17.5 Å². The van der Waals surface area contributed by atoms with Crippen LogP contribution < -0.4 is 5.32 Å². The van der Waals surface area contributed by atoms with Crippen LogP contribution in [0.1, 0.15) is 42.7 Å². The molecule has 32 heavy (non-hydrogen) atoms. The molecule has 0 radical (unpaired) electrons.